The molecule has 0 bridgehead atoms. The Labute approximate surface area is 168 Å². The molecule has 25 heavy (non-hydrogen) atoms. The molecule has 1 aromatic rings. The molecule has 3 rings (SSSR count). The number of guanidine groups is 1. The van der Waals surface area contributed by atoms with Crippen molar-refractivity contribution in [2.24, 2.45) is 10.9 Å². The third-order valence-corrected chi connectivity index (χ3v) is 4.42. The van der Waals surface area contributed by atoms with Crippen molar-refractivity contribution >= 4 is 29.9 Å². The second kappa shape index (κ2) is 10.9. The van der Waals surface area contributed by atoms with Crippen LogP contribution in [0.3, 0.4) is 0 Å². The highest BCUT2D eigenvalue weighted by molar-refractivity contribution is 14.0. The van der Waals surface area contributed by atoms with E-state index in [1.54, 1.807) is 0 Å². The van der Waals surface area contributed by atoms with Gasteiger partial charge in [-0.15, -0.1) is 24.0 Å². The Hall–Kier alpha value is -1.02. The smallest absolute Gasteiger partial charge is 0.191 e. The number of nitrogens with zero attached hydrogens (tertiary/aromatic N) is 1. The van der Waals surface area contributed by atoms with E-state index in [0.717, 1.165) is 62.3 Å². The van der Waals surface area contributed by atoms with Crippen LogP contribution in [0, 0.1) is 5.92 Å². The average Bonchev–Trinajstić information content (AvgIpc) is 3.29. The molecule has 1 heterocycles. The second-order valence-corrected chi connectivity index (χ2v) is 6.57. The standard InChI is InChI=1S/C19H29N3O2.HI/c1-2-20-19(22-13-17-7-5-11-23-17)21-12-16-6-3-4-8-18(16)24-14-15-9-10-15;/h3-4,6,8,15,17H,2,5,7,9-14H2,1H3,(H2,20,21,22);1H. The first kappa shape index (κ1) is 20.3. The summed E-state index contributed by atoms with van der Waals surface area (Å²) < 4.78 is 11.6. The van der Waals surface area contributed by atoms with Crippen LogP contribution >= 0.6 is 24.0 Å². The van der Waals surface area contributed by atoms with E-state index < -0.39 is 0 Å². The largest absolute Gasteiger partial charge is 0.493 e. The van der Waals surface area contributed by atoms with Crippen molar-refractivity contribution in [3.63, 3.8) is 0 Å². The lowest BCUT2D eigenvalue weighted by Crippen LogP contribution is -2.41. The molecule has 0 spiro atoms. The fourth-order valence-corrected chi connectivity index (χ4v) is 2.79. The third-order valence-electron chi connectivity index (χ3n) is 4.42. The van der Waals surface area contributed by atoms with Gasteiger partial charge < -0.3 is 20.1 Å². The summed E-state index contributed by atoms with van der Waals surface area (Å²) in [6.45, 7) is 6.06. The van der Waals surface area contributed by atoms with Crippen molar-refractivity contribution in [2.45, 2.75) is 45.3 Å². The molecule has 0 radical (unpaired) electrons. The molecular weight excluding hydrogens is 429 g/mol. The van der Waals surface area contributed by atoms with Crippen molar-refractivity contribution in [1.29, 1.82) is 0 Å². The van der Waals surface area contributed by atoms with E-state index in [-0.39, 0.29) is 24.0 Å². The highest BCUT2D eigenvalue weighted by Crippen LogP contribution is 2.30. The normalized spacial score (nSPS) is 20.0. The molecule has 2 aliphatic rings. The number of aliphatic imine (C=N–C) groups is 1. The van der Waals surface area contributed by atoms with Crippen LogP contribution in [0.2, 0.25) is 0 Å². The first-order valence-corrected chi connectivity index (χ1v) is 9.19. The van der Waals surface area contributed by atoms with E-state index in [1.165, 1.54) is 12.8 Å². The monoisotopic (exact) mass is 459 g/mol. The average molecular weight is 459 g/mol. The summed E-state index contributed by atoms with van der Waals surface area (Å²) in [4.78, 5) is 4.71. The Morgan fingerprint density at radius 1 is 1.24 bits per heavy atom. The maximum absolute atomic E-state index is 5.96. The van der Waals surface area contributed by atoms with Crippen LogP contribution in [0.15, 0.2) is 29.3 Å². The predicted octanol–water partition coefficient (Wildman–Crippen LogP) is 3.33. The zero-order valence-corrected chi connectivity index (χ0v) is 17.3. The molecule has 0 aromatic heterocycles. The van der Waals surface area contributed by atoms with Gasteiger partial charge in [0.2, 0.25) is 0 Å². The number of rotatable bonds is 8. The molecule has 6 heteroatoms. The molecule has 2 N–H and O–H groups in total. The molecule has 1 atom stereocenters. The Morgan fingerprint density at radius 3 is 2.80 bits per heavy atom. The summed E-state index contributed by atoms with van der Waals surface area (Å²) in [6.07, 6.45) is 5.20. The van der Waals surface area contributed by atoms with Crippen molar-refractivity contribution in [3.05, 3.63) is 29.8 Å². The fraction of sp³-hybridized carbons (Fsp3) is 0.632. The van der Waals surface area contributed by atoms with Gasteiger partial charge in [0, 0.05) is 25.3 Å². The van der Waals surface area contributed by atoms with E-state index in [9.17, 15) is 0 Å². The van der Waals surface area contributed by atoms with Gasteiger partial charge in [0.1, 0.15) is 5.75 Å². The highest BCUT2D eigenvalue weighted by Gasteiger charge is 2.22. The van der Waals surface area contributed by atoms with Crippen molar-refractivity contribution < 1.29 is 9.47 Å². The molecule has 1 aliphatic heterocycles. The van der Waals surface area contributed by atoms with Crippen LogP contribution in [-0.2, 0) is 11.3 Å². The van der Waals surface area contributed by atoms with E-state index in [0.29, 0.717) is 12.6 Å². The van der Waals surface area contributed by atoms with Crippen molar-refractivity contribution in [2.75, 3.05) is 26.3 Å². The Balaban J connectivity index is 0.00000225. The van der Waals surface area contributed by atoms with E-state index in [4.69, 9.17) is 14.5 Å². The molecule has 140 valence electrons. The SMILES string of the molecule is CCNC(=NCc1ccccc1OCC1CC1)NCC1CCCO1.I. The number of hydrogen-bond acceptors (Lipinski definition) is 3. The summed E-state index contributed by atoms with van der Waals surface area (Å²) in [7, 11) is 0. The molecule has 0 amide bonds. The Morgan fingerprint density at radius 2 is 2.08 bits per heavy atom. The molecule has 2 fully saturated rings. The molecular formula is C19H30IN3O2. The van der Waals surface area contributed by atoms with E-state index >= 15 is 0 Å². The molecule has 1 saturated heterocycles. The minimum Gasteiger partial charge on any atom is -0.493 e. The topological polar surface area (TPSA) is 54.9 Å². The first-order chi connectivity index (χ1) is 11.8. The zero-order valence-electron chi connectivity index (χ0n) is 15.0. The Bertz CT molecular complexity index is 543. The second-order valence-electron chi connectivity index (χ2n) is 6.57. The van der Waals surface area contributed by atoms with Crippen molar-refractivity contribution in [1.82, 2.24) is 10.6 Å². The van der Waals surface area contributed by atoms with Crippen LogP contribution in [0.25, 0.3) is 0 Å². The maximum Gasteiger partial charge on any atom is 0.191 e. The number of benzene rings is 1. The van der Waals surface area contributed by atoms with Gasteiger partial charge in [0.05, 0.1) is 19.3 Å². The maximum atomic E-state index is 5.96. The van der Waals surface area contributed by atoms with Crippen LogP contribution in [0.1, 0.15) is 38.2 Å². The quantitative estimate of drug-likeness (QED) is 0.356. The van der Waals surface area contributed by atoms with Crippen LogP contribution in [0.5, 0.6) is 5.75 Å². The van der Waals surface area contributed by atoms with Gasteiger partial charge in [0.15, 0.2) is 5.96 Å². The fourth-order valence-electron chi connectivity index (χ4n) is 2.79. The number of hydrogen-bond donors (Lipinski definition) is 2. The highest BCUT2D eigenvalue weighted by atomic mass is 127. The van der Waals surface area contributed by atoms with Gasteiger partial charge >= 0.3 is 0 Å². The predicted molar refractivity (Wildman–Crippen MR) is 112 cm³/mol. The first-order valence-electron chi connectivity index (χ1n) is 9.19. The summed E-state index contributed by atoms with van der Waals surface area (Å²) >= 11 is 0. The van der Waals surface area contributed by atoms with Crippen LogP contribution in [0.4, 0.5) is 0 Å². The minimum atomic E-state index is 0. The summed E-state index contributed by atoms with van der Waals surface area (Å²) in [5, 5.41) is 6.68. The van der Waals surface area contributed by atoms with Gasteiger partial charge in [-0.3, -0.25) is 0 Å². The summed E-state index contributed by atoms with van der Waals surface area (Å²) in [5.74, 6) is 2.56. The lowest BCUT2D eigenvalue weighted by atomic mass is 10.2. The van der Waals surface area contributed by atoms with Gasteiger partial charge in [-0.1, -0.05) is 18.2 Å². The number of ether oxygens (including phenoxy) is 2. The van der Waals surface area contributed by atoms with Gasteiger partial charge in [-0.05, 0) is 44.6 Å². The summed E-state index contributed by atoms with van der Waals surface area (Å²) in [5.41, 5.74) is 1.13. The molecule has 1 aliphatic carbocycles. The molecule has 1 unspecified atom stereocenters. The molecule has 1 saturated carbocycles. The lowest BCUT2D eigenvalue weighted by molar-refractivity contribution is 0.114. The minimum absolute atomic E-state index is 0. The van der Waals surface area contributed by atoms with E-state index in [2.05, 4.69) is 23.6 Å². The van der Waals surface area contributed by atoms with Crippen LogP contribution < -0.4 is 15.4 Å². The molecule has 1 aromatic carbocycles. The third kappa shape index (κ3) is 7.01. The number of nitrogens with one attached hydrogen (secondary N) is 2. The van der Waals surface area contributed by atoms with E-state index in [1.807, 2.05) is 18.2 Å². The molecule has 5 nitrogen and oxygen atoms in total. The van der Waals surface area contributed by atoms with Crippen LogP contribution in [-0.4, -0.2) is 38.4 Å². The lowest BCUT2D eigenvalue weighted by Gasteiger charge is -2.15. The van der Waals surface area contributed by atoms with Gasteiger partial charge in [0.25, 0.3) is 0 Å². The van der Waals surface area contributed by atoms with Crippen molar-refractivity contribution in [3.8, 4) is 5.75 Å². The Kier molecular flexibility index (Phi) is 8.81. The number of halogens is 1. The number of para-hydroxylation sites is 1. The van der Waals surface area contributed by atoms with Gasteiger partial charge in [-0.2, -0.15) is 0 Å². The summed E-state index contributed by atoms with van der Waals surface area (Å²) in [6, 6.07) is 8.20. The van der Waals surface area contributed by atoms with Gasteiger partial charge in [-0.25, -0.2) is 4.99 Å². The zero-order chi connectivity index (χ0) is 16.6.